The first-order valence-electron chi connectivity index (χ1n) is 10.4. The lowest BCUT2D eigenvalue weighted by molar-refractivity contribution is -0.136. The third-order valence-electron chi connectivity index (χ3n) is 6.21. The van der Waals surface area contributed by atoms with Crippen LogP contribution in [0.3, 0.4) is 0 Å². The number of likely N-dealkylation sites (tertiary alicyclic amines) is 1. The lowest BCUT2D eigenvalue weighted by Gasteiger charge is -2.39. The summed E-state index contributed by atoms with van der Waals surface area (Å²) in [5, 5.41) is 5.20. The average Bonchev–Trinajstić information content (AvgIpc) is 3.03. The fourth-order valence-corrected chi connectivity index (χ4v) is 4.44. The van der Waals surface area contributed by atoms with Crippen molar-refractivity contribution >= 4 is 29.4 Å². The maximum Gasteiger partial charge on any atom is 0.321 e. The quantitative estimate of drug-likeness (QED) is 0.746. The van der Waals surface area contributed by atoms with Gasteiger partial charge in [0.05, 0.1) is 0 Å². The minimum Gasteiger partial charge on any atom is -0.323 e. The highest BCUT2D eigenvalue weighted by molar-refractivity contribution is 6.05. The molecule has 0 aromatic heterocycles. The Bertz CT molecular complexity index is 1080. The molecule has 0 spiro atoms. The van der Waals surface area contributed by atoms with Crippen LogP contribution >= 0.6 is 0 Å². The summed E-state index contributed by atoms with van der Waals surface area (Å²) in [6.45, 7) is 1.62. The SMILES string of the molecule is O=C1CCC(N2Cc3cc(NC(=O)N4CC(c5ccccc5)C4)ccc3C2=O)C(=O)N1. The minimum atomic E-state index is -0.647. The van der Waals surface area contributed by atoms with Gasteiger partial charge in [0, 0.05) is 43.2 Å². The standard InChI is InChI=1S/C23H22N4O4/c28-20-9-8-19(21(29)25-20)27-13-15-10-17(6-7-18(15)22(27)30)24-23(31)26-11-16(12-26)14-4-2-1-3-5-14/h1-7,10,16,19H,8-9,11-13H2,(H,24,31)(H,25,28,29). The van der Waals surface area contributed by atoms with E-state index >= 15 is 0 Å². The fourth-order valence-electron chi connectivity index (χ4n) is 4.44. The zero-order chi connectivity index (χ0) is 21.5. The summed E-state index contributed by atoms with van der Waals surface area (Å²) in [6.07, 6.45) is 0.545. The van der Waals surface area contributed by atoms with Crippen LogP contribution in [0.4, 0.5) is 10.5 Å². The second-order valence-corrected chi connectivity index (χ2v) is 8.21. The molecule has 0 radical (unpaired) electrons. The molecule has 0 bridgehead atoms. The van der Waals surface area contributed by atoms with E-state index in [1.165, 1.54) is 10.5 Å². The van der Waals surface area contributed by atoms with Crippen molar-refractivity contribution in [1.82, 2.24) is 15.1 Å². The number of hydrogen-bond donors (Lipinski definition) is 2. The zero-order valence-electron chi connectivity index (χ0n) is 16.8. The molecule has 2 N–H and O–H groups in total. The highest BCUT2D eigenvalue weighted by Crippen LogP contribution is 2.31. The van der Waals surface area contributed by atoms with Gasteiger partial charge in [-0.25, -0.2) is 4.79 Å². The second kappa shape index (κ2) is 7.54. The van der Waals surface area contributed by atoms with E-state index in [0.717, 1.165) is 5.56 Å². The van der Waals surface area contributed by atoms with Gasteiger partial charge in [-0.05, 0) is 35.7 Å². The number of amides is 5. The van der Waals surface area contributed by atoms with Gasteiger partial charge in [0.15, 0.2) is 0 Å². The molecule has 3 aliphatic heterocycles. The van der Waals surface area contributed by atoms with Crippen molar-refractivity contribution < 1.29 is 19.2 Å². The first kappa shape index (κ1) is 19.3. The number of imide groups is 1. The van der Waals surface area contributed by atoms with Gasteiger partial charge in [-0.15, -0.1) is 0 Å². The Kier molecular flexibility index (Phi) is 4.69. The summed E-state index contributed by atoms with van der Waals surface area (Å²) in [4.78, 5) is 52.1. The largest absolute Gasteiger partial charge is 0.323 e. The van der Waals surface area contributed by atoms with Crippen molar-refractivity contribution in [2.75, 3.05) is 18.4 Å². The van der Waals surface area contributed by atoms with Crippen LogP contribution in [0, 0.1) is 0 Å². The summed E-state index contributed by atoms with van der Waals surface area (Å²) >= 11 is 0. The number of urea groups is 1. The molecule has 0 aliphatic carbocycles. The number of anilines is 1. The van der Waals surface area contributed by atoms with Gasteiger partial charge in [-0.2, -0.15) is 0 Å². The Morgan fingerprint density at radius 3 is 2.55 bits per heavy atom. The van der Waals surface area contributed by atoms with Gasteiger partial charge in [0.1, 0.15) is 6.04 Å². The molecule has 2 saturated heterocycles. The monoisotopic (exact) mass is 418 g/mol. The topological polar surface area (TPSA) is 98.8 Å². The van der Waals surface area contributed by atoms with E-state index in [-0.39, 0.29) is 30.8 Å². The number of rotatable bonds is 3. The van der Waals surface area contributed by atoms with E-state index < -0.39 is 11.9 Å². The van der Waals surface area contributed by atoms with Crippen LogP contribution < -0.4 is 10.6 Å². The summed E-state index contributed by atoms with van der Waals surface area (Å²) in [5.74, 6) is -0.616. The number of piperidine rings is 1. The number of carbonyl (C=O) groups excluding carboxylic acids is 4. The van der Waals surface area contributed by atoms with Crippen molar-refractivity contribution in [2.45, 2.75) is 31.3 Å². The molecule has 2 aromatic carbocycles. The van der Waals surface area contributed by atoms with Crippen LogP contribution in [0.1, 0.15) is 40.2 Å². The number of carbonyl (C=O) groups is 4. The van der Waals surface area contributed by atoms with Crippen LogP contribution in [0.15, 0.2) is 48.5 Å². The van der Waals surface area contributed by atoms with Gasteiger partial charge in [-0.3, -0.25) is 19.7 Å². The number of fused-ring (bicyclic) bond motifs is 1. The Morgan fingerprint density at radius 1 is 1.03 bits per heavy atom. The average molecular weight is 418 g/mol. The third kappa shape index (κ3) is 3.54. The third-order valence-corrected chi connectivity index (χ3v) is 6.21. The van der Waals surface area contributed by atoms with Crippen LogP contribution in [0.2, 0.25) is 0 Å². The summed E-state index contributed by atoms with van der Waals surface area (Å²) in [7, 11) is 0. The van der Waals surface area contributed by atoms with E-state index in [9.17, 15) is 19.2 Å². The lowest BCUT2D eigenvalue weighted by atomic mass is 9.92. The summed E-state index contributed by atoms with van der Waals surface area (Å²) in [5.41, 5.74) is 3.13. The normalized spacial score (nSPS) is 20.9. The van der Waals surface area contributed by atoms with Gasteiger partial charge >= 0.3 is 6.03 Å². The molecule has 8 heteroatoms. The molecular weight excluding hydrogens is 396 g/mol. The molecule has 2 aromatic rings. The zero-order valence-corrected chi connectivity index (χ0v) is 16.8. The Labute approximate surface area is 179 Å². The van der Waals surface area contributed by atoms with Gasteiger partial charge in [0.2, 0.25) is 11.8 Å². The number of nitrogens with zero attached hydrogens (tertiary/aromatic N) is 2. The molecule has 3 heterocycles. The Hall–Kier alpha value is -3.68. The highest BCUT2D eigenvalue weighted by atomic mass is 16.2. The van der Waals surface area contributed by atoms with E-state index in [1.807, 2.05) is 18.2 Å². The molecule has 1 unspecified atom stereocenters. The smallest absolute Gasteiger partial charge is 0.321 e. The predicted octanol–water partition coefficient (Wildman–Crippen LogP) is 2.08. The second-order valence-electron chi connectivity index (χ2n) is 8.21. The maximum atomic E-state index is 12.8. The van der Waals surface area contributed by atoms with Crippen LogP contribution in [-0.2, 0) is 16.1 Å². The molecule has 5 rings (SSSR count). The number of hydrogen-bond acceptors (Lipinski definition) is 4. The Morgan fingerprint density at radius 2 is 1.81 bits per heavy atom. The summed E-state index contributed by atoms with van der Waals surface area (Å²) < 4.78 is 0. The maximum absolute atomic E-state index is 12.8. The predicted molar refractivity (Wildman–Crippen MR) is 112 cm³/mol. The van der Waals surface area contributed by atoms with Gasteiger partial charge in [-0.1, -0.05) is 30.3 Å². The summed E-state index contributed by atoms with van der Waals surface area (Å²) in [6, 6.07) is 14.5. The Balaban J connectivity index is 1.22. The molecule has 2 fully saturated rings. The molecule has 158 valence electrons. The van der Waals surface area contributed by atoms with Crippen molar-refractivity contribution in [3.8, 4) is 0 Å². The number of benzene rings is 2. The minimum absolute atomic E-state index is 0.168. The molecule has 0 saturated carbocycles. The molecule has 8 nitrogen and oxygen atoms in total. The first-order valence-corrected chi connectivity index (χ1v) is 10.4. The van der Waals surface area contributed by atoms with E-state index in [1.54, 1.807) is 23.1 Å². The molecule has 5 amide bonds. The molecule has 3 aliphatic rings. The fraction of sp³-hybridized carbons (Fsp3) is 0.304. The van der Waals surface area contributed by atoms with Gasteiger partial charge in [0.25, 0.3) is 5.91 Å². The van der Waals surface area contributed by atoms with E-state index in [4.69, 9.17) is 0 Å². The van der Waals surface area contributed by atoms with E-state index in [2.05, 4.69) is 22.8 Å². The highest BCUT2D eigenvalue weighted by Gasteiger charge is 2.39. The van der Waals surface area contributed by atoms with Crippen LogP contribution in [0.5, 0.6) is 0 Å². The van der Waals surface area contributed by atoms with Gasteiger partial charge < -0.3 is 15.1 Å². The molecule has 31 heavy (non-hydrogen) atoms. The van der Waals surface area contributed by atoms with Crippen molar-refractivity contribution in [1.29, 1.82) is 0 Å². The van der Waals surface area contributed by atoms with Crippen molar-refractivity contribution in [3.05, 3.63) is 65.2 Å². The van der Waals surface area contributed by atoms with Crippen LogP contribution in [0.25, 0.3) is 0 Å². The number of nitrogens with one attached hydrogen (secondary N) is 2. The first-order chi connectivity index (χ1) is 15.0. The van der Waals surface area contributed by atoms with Crippen molar-refractivity contribution in [3.63, 3.8) is 0 Å². The van der Waals surface area contributed by atoms with E-state index in [0.29, 0.717) is 36.7 Å². The molecular formula is C23H22N4O4. The molecule has 1 atom stereocenters. The lowest BCUT2D eigenvalue weighted by Crippen LogP contribution is -2.52. The van der Waals surface area contributed by atoms with Crippen LogP contribution in [-0.4, -0.2) is 52.7 Å². The van der Waals surface area contributed by atoms with Crippen molar-refractivity contribution in [2.24, 2.45) is 0 Å².